The first-order chi connectivity index (χ1) is 29.2. The Morgan fingerprint density at radius 2 is 1.52 bits per heavy atom. The summed E-state index contributed by atoms with van der Waals surface area (Å²) in [6.07, 6.45) is 0.246. The number of phenolic OH excluding ortho intramolecular Hbond substituents is 1. The minimum absolute atomic E-state index is 0.0537. The number of rotatable bonds is 15. The van der Waals surface area contributed by atoms with Gasteiger partial charge in [0.25, 0.3) is 5.91 Å². The monoisotopic (exact) mass is 807 g/mol. The third kappa shape index (κ3) is 9.21. The van der Waals surface area contributed by atoms with Gasteiger partial charge in [-0.1, -0.05) is 84.9 Å². The number of aromatic amines is 1. The number of carboxylic acid groups (broad SMARTS) is 1. The molecule has 0 aliphatic carbocycles. The van der Waals surface area contributed by atoms with Crippen LogP contribution >= 0.6 is 0 Å². The zero-order valence-electron chi connectivity index (χ0n) is 33.2. The highest BCUT2D eigenvalue weighted by molar-refractivity contribution is 5.94. The maximum absolute atomic E-state index is 13.0. The van der Waals surface area contributed by atoms with E-state index in [1.807, 2.05) is 91.0 Å². The molecule has 3 atom stereocenters. The van der Waals surface area contributed by atoms with Gasteiger partial charge in [0.05, 0.1) is 23.7 Å². The van der Waals surface area contributed by atoms with Gasteiger partial charge in [-0.05, 0) is 102 Å². The van der Waals surface area contributed by atoms with Crippen LogP contribution in [-0.2, 0) is 19.7 Å². The van der Waals surface area contributed by atoms with E-state index in [2.05, 4.69) is 20.5 Å². The quantitative estimate of drug-likeness (QED) is 0.0660. The molecule has 9 rings (SSSR count). The molecule has 12 heteroatoms. The Kier molecular flexibility index (Phi) is 12.2. The van der Waals surface area contributed by atoms with Crippen molar-refractivity contribution in [2.45, 2.75) is 50.7 Å². The number of nitrogens with one attached hydrogen (secondary N) is 3. The van der Waals surface area contributed by atoms with Crippen LogP contribution in [0.1, 0.15) is 68.7 Å². The number of H-pyrrole nitrogens is 1. The fourth-order valence-electron chi connectivity index (χ4n) is 8.61. The Hall–Kier alpha value is -6.47. The van der Waals surface area contributed by atoms with Crippen molar-refractivity contribution in [3.8, 4) is 11.5 Å². The second-order valence-electron chi connectivity index (χ2n) is 15.7. The Morgan fingerprint density at radius 3 is 2.22 bits per heavy atom. The largest absolute Gasteiger partial charge is 0.506 e. The molecule has 2 amide bonds. The number of benzene rings is 5. The molecule has 3 aliphatic rings. The van der Waals surface area contributed by atoms with Crippen LogP contribution in [-0.4, -0.2) is 74.3 Å². The molecular weight excluding hydrogens is 759 g/mol. The number of aromatic nitrogens is 1. The van der Waals surface area contributed by atoms with E-state index in [1.54, 1.807) is 29.2 Å². The summed E-state index contributed by atoms with van der Waals surface area (Å²) in [4.78, 5) is 44.4. The van der Waals surface area contributed by atoms with Crippen molar-refractivity contribution in [3.63, 3.8) is 0 Å². The molecule has 0 saturated carbocycles. The smallest absolute Gasteiger partial charge is 0.408 e. The molecule has 6 aromatic rings. The molecule has 3 aliphatic heterocycles. The van der Waals surface area contributed by atoms with Crippen molar-refractivity contribution in [1.82, 2.24) is 25.4 Å². The number of pyridine rings is 1. The lowest BCUT2D eigenvalue weighted by Crippen LogP contribution is -2.59. The predicted octanol–water partition coefficient (Wildman–Crippen LogP) is 6.73. The number of hydrogen-bond acceptors (Lipinski definition) is 8. The molecular formula is C48H49N5O7. The molecule has 1 aromatic heterocycles. The number of fused-ring (bicyclic) bond motifs is 4. The van der Waals surface area contributed by atoms with Gasteiger partial charge in [-0.2, -0.15) is 0 Å². The van der Waals surface area contributed by atoms with E-state index < -0.39 is 18.2 Å². The van der Waals surface area contributed by atoms with E-state index >= 15 is 0 Å². The van der Waals surface area contributed by atoms with Crippen molar-refractivity contribution in [1.29, 1.82) is 0 Å². The Labute approximate surface area is 348 Å². The summed E-state index contributed by atoms with van der Waals surface area (Å²) in [5.41, 5.74) is 5.70. The summed E-state index contributed by atoms with van der Waals surface area (Å²) >= 11 is 0. The van der Waals surface area contributed by atoms with Crippen molar-refractivity contribution in [3.05, 3.63) is 177 Å². The van der Waals surface area contributed by atoms with Crippen molar-refractivity contribution in [2.75, 3.05) is 26.2 Å². The number of carbonyl (C=O) groups excluding carboxylic acids is 1. The van der Waals surface area contributed by atoms with Crippen molar-refractivity contribution in [2.24, 2.45) is 5.92 Å². The SMILES string of the molecule is O=C(NCc1ccc(CNC[C@@H](O)c2ccc(O)c3[nH]c(=O)ccc23)cc1)c1ccc(COc2cccc(C(c3ccccc3)N(C(=O)O)[C@H]3CN4CCC3CC4)c2)cc1. The van der Waals surface area contributed by atoms with Crippen molar-refractivity contribution < 1.29 is 29.6 Å². The molecule has 3 fully saturated rings. The summed E-state index contributed by atoms with van der Waals surface area (Å²) in [5, 5.41) is 38.5. The van der Waals surface area contributed by atoms with Gasteiger partial charge in [-0.3, -0.25) is 14.5 Å². The lowest BCUT2D eigenvalue weighted by atomic mass is 9.81. The summed E-state index contributed by atoms with van der Waals surface area (Å²) in [6, 6.07) is 38.2. The number of nitrogens with zero attached hydrogens (tertiary/aromatic N) is 2. The van der Waals surface area contributed by atoms with Crippen LogP contribution in [0.5, 0.6) is 11.5 Å². The highest BCUT2D eigenvalue weighted by Gasteiger charge is 2.43. The molecule has 12 nitrogen and oxygen atoms in total. The number of hydrogen-bond donors (Lipinski definition) is 6. The first-order valence-corrected chi connectivity index (χ1v) is 20.4. The third-order valence-corrected chi connectivity index (χ3v) is 11.8. The molecule has 1 unspecified atom stereocenters. The maximum Gasteiger partial charge on any atom is 0.408 e. The fraction of sp³-hybridized carbons (Fsp3) is 0.271. The number of aliphatic hydroxyl groups excluding tert-OH is 1. The number of ether oxygens (including phenoxy) is 1. The number of aromatic hydroxyl groups is 1. The van der Waals surface area contributed by atoms with Gasteiger partial charge in [0.1, 0.15) is 18.1 Å². The molecule has 0 spiro atoms. The zero-order valence-corrected chi connectivity index (χ0v) is 33.2. The first kappa shape index (κ1) is 40.3. The molecule has 4 heterocycles. The van der Waals surface area contributed by atoms with Gasteiger partial charge in [0.15, 0.2) is 0 Å². The second kappa shape index (κ2) is 18.2. The molecule has 308 valence electrons. The van der Waals surface area contributed by atoms with Gasteiger partial charge in [0.2, 0.25) is 5.56 Å². The number of carbonyl (C=O) groups is 2. The minimum Gasteiger partial charge on any atom is -0.506 e. The molecule has 5 aromatic carbocycles. The van der Waals surface area contributed by atoms with Gasteiger partial charge < -0.3 is 40.6 Å². The van der Waals surface area contributed by atoms with Crippen LogP contribution in [0.2, 0.25) is 0 Å². The van der Waals surface area contributed by atoms with Crippen LogP contribution in [0.15, 0.2) is 132 Å². The summed E-state index contributed by atoms with van der Waals surface area (Å²) in [6.45, 7) is 4.21. The Balaban J connectivity index is 0.832. The second-order valence-corrected chi connectivity index (χ2v) is 15.7. The van der Waals surface area contributed by atoms with E-state index in [4.69, 9.17) is 4.74 Å². The molecule has 6 N–H and O–H groups in total. The minimum atomic E-state index is -0.919. The third-order valence-electron chi connectivity index (χ3n) is 11.8. The van der Waals surface area contributed by atoms with Crippen molar-refractivity contribution >= 4 is 22.9 Å². The lowest BCUT2D eigenvalue weighted by molar-refractivity contribution is -0.000814. The molecule has 60 heavy (non-hydrogen) atoms. The first-order valence-electron chi connectivity index (χ1n) is 20.4. The van der Waals surface area contributed by atoms with Gasteiger partial charge >= 0.3 is 6.09 Å². The summed E-state index contributed by atoms with van der Waals surface area (Å²) < 4.78 is 6.24. The molecule has 0 radical (unpaired) electrons. The van der Waals surface area contributed by atoms with Crippen LogP contribution in [0.4, 0.5) is 4.79 Å². The normalized spacial score (nSPS) is 18.1. The average Bonchev–Trinajstić information content (AvgIpc) is 3.28. The molecule has 3 saturated heterocycles. The van der Waals surface area contributed by atoms with Crippen LogP contribution in [0.25, 0.3) is 10.9 Å². The Morgan fingerprint density at radius 1 is 0.817 bits per heavy atom. The number of amides is 2. The number of piperidine rings is 3. The fourth-order valence-corrected chi connectivity index (χ4v) is 8.61. The van der Waals surface area contributed by atoms with Crippen LogP contribution < -0.4 is 20.9 Å². The number of phenols is 1. The molecule has 2 bridgehead atoms. The summed E-state index contributed by atoms with van der Waals surface area (Å²) in [7, 11) is 0. The predicted molar refractivity (Wildman–Crippen MR) is 229 cm³/mol. The highest BCUT2D eigenvalue weighted by Crippen LogP contribution is 2.39. The van der Waals surface area contributed by atoms with Crippen LogP contribution in [0, 0.1) is 5.92 Å². The van der Waals surface area contributed by atoms with Gasteiger partial charge in [-0.25, -0.2) is 4.79 Å². The van der Waals surface area contributed by atoms with E-state index in [1.165, 1.54) is 12.1 Å². The van der Waals surface area contributed by atoms with E-state index in [0.29, 0.717) is 46.8 Å². The Bertz CT molecular complexity index is 2480. The lowest BCUT2D eigenvalue weighted by Gasteiger charge is -2.50. The topological polar surface area (TPSA) is 167 Å². The van der Waals surface area contributed by atoms with E-state index in [0.717, 1.165) is 60.3 Å². The maximum atomic E-state index is 13.0. The van der Waals surface area contributed by atoms with Gasteiger partial charge in [-0.15, -0.1) is 0 Å². The number of aliphatic hydroxyl groups is 1. The van der Waals surface area contributed by atoms with Crippen LogP contribution in [0.3, 0.4) is 0 Å². The summed E-state index contributed by atoms with van der Waals surface area (Å²) in [5.74, 6) is 0.728. The zero-order chi connectivity index (χ0) is 41.6. The van der Waals surface area contributed by atoms with Gasteiger partial charge in [0, 0.05) is 43.2 Å². The van der Waals surface area contributed by atoms with E-state index in [9.17, 15) is 29.7 Å². The highest BCUT2D eigenvalue weighted by atomic mass is 16.5. The van der Waals surface area contributed by atoms with E-state index in [-0.39, 0.29) is 36.4 Å². The standard InChI is InChI=1S/C48H49N5O7/c54-42-19-17-39(40-18-20-44(56)51-45(40)42)43(55)28-49-26-31-9-11-32(12-10-31)27-50-47(57)36-15-13-33(14-16-36)30-60-38-8-4-7-37(25-38)46(35-5-2-1-3-6-35)53(48(58)59)41-29-52-23-21-34(41)22-24-52/h1-20,25,34,41,43,46,49,54-55H,21-24,26-30H2,(H,50,57)(H,51,56)(H,58,59)/t41-,43+,46?/m0/s1. The average molecular weight is 808 g/mol.